The quantitative estimate of drug-likeness (QED) is 0.612. The van der Waals surface area contributed by atoms with Crippen molar-refractivity contribution < 1.29 is 19.5 Å². The van der Waals surface area contributed by atoms with E-state index in [-0.39, 0.29) is 29.3 Å². The highest BCUT2D eigenvalue weighted by Crippen LogP contribution is 2.39. The molecule has 3 aromatic rings. The second-order valence-corrected chi connectivity index (χ2v) is 8.87. The van der Waals surface area contributed by atoms with Crippen LogP contribution in [-0.2, 0) is 13.5 Å². The number of piperidine rings is 1. The molecule has 1 unspecified atom stereocenters. The van der Waals surface area contributed by atoms with E-state index in [0.29, 0.717) is 37.3 Å². The number of aromatic amines is 1. The van der Waals surface area contributed by atoms with Crippen LogP contribution in [0.2, 0.25) is 0 Å². The van der Waals surface area contributed by atoms with Crippen molar-refractivity contribution in [3.8, 4) is 0 Å². The Labute approximate surface area is 196 Å². The molecule has 1 atom stereocenters. The van der Waals surface area contributed by atoms with Gasteiger partial charge in [0.05, 0.1) is 36.2 Å². The number of aryl methyl sites for hydroxylation is 1. The standard InChI is InChI=1S/C24H26N6O4/c1-28-14-25-12-19(28)23(32)30-10-7-18-20(27-13-26-18)21(30)15-5-8-29(9-6-15)22(31)16-3-2-4-17(11-16)24(33)34/h2-4,11-15,21H,5-10H2,1H3,(H,26,27)(H,33,34). The fourth-order valence-electron chi connectivity index (χ4n) is 5.11. The topological polar surface area (TPSA) is 124 Å². The van der Waals surface area contributed by atoms with E-state index in [1.807, 2.05) is 11.9 Å². The van der Waals surface area contributed by atoms with Gasteiger partial charge >= 0.3 is 5.97 Å². The molecule has 1 saturated heterocycles. The molecule has 10 heteroatoms. The Bertz CT molecular complexity index is 1240. The van der Waals surface area contributed by atoms with Crippen molar-refractivity contribution in [3.05, 3.63) is 71.3 Å². The van der Waals surface area contributed by atoms with E-state index in [4.69, 9.17) is 0 Å². The molecule has 0 aliphatic carbocycles. The molecule has 4 heterocycles. The fourth-order valence-corrected chi connectivity index (χ4v) is 5.11. The molecule has 2 aromatic heterocycles. The van der Waals surface area contributed by atoms with Crippen molar-refractivity contribution in [2.24, 2.45) is 13.0 Å². The van der Waals surface area contributed by atoms with Gasteiger partial charge in [0.25, 0.3) is 11.8 Å². The van der Waals surface area contributed by atoms with Crippen molar-refractivity contribution >= 4 is 17.8 Å². The molecule has 0 bridgehead atoms. The SMILES string of the molecule is Cn1cncc1C(=O)N1CCc2[nH]cnc2C1C1CCN(C(=O)c2cccc(C(=O)O)c2)CC1. The second-order valence-electron chi connectivity index (χ2n) is 8.87. The largest absolute Gasteiger partial charge is 0.478 e. The van der Waals surface area contributed by atoms with Crippen LogP contribution in [0.4, 0.5) is 0 Å². The van der Waals surface area contributed by atoms with E-state index in [2.05, 4.69) is 15.0 Å². The first-order valence-corrected chi connectivity index (χ1v) is 11.4. The van der Waals surface area contributed by atoms with Crippen molar-refractivity contribution in [2.45, 2.75) is 25.3 Å². The van der Waals surface area contributed by atoms with Crippen molar-refractivity contribution in [1.29, 1.82) is 0 Å². The Morgan fingerprint density at radius 2 is 1.85 bits per heavy atom. The molecule has 34 heavy (non-hydrogen) atoms. The summed E-state index contributed by atoms with van der Waals surface area (Å²) in [5.41, 5.74) is 2.97. The van der Waals surface area contributed by atoms with Crippen LogP contribution in [0.25, 0.3) is 0 Å². The third-order valence-electron chi connectivity index (χ3n) is 6.90. The molecule has 2 aliphatic heterocycles. The van der Waals surface area contributed by atoms with E-state index < -0.39 is 5.97 Å². The minimum atomic E-state index is -1.06. The van der Waals surface area contributed by atoms with Gasteiger partial charge in [0.2, 0.25) is 0 Å². The predicted octanol–water partition coefficient (Wildman–Crippen LogP) is 2.13. The summed E-state index contributed by atoms with van der Waals surface area (Å²) in [7, 11) is 1.81. The highest BCUT2D eigenvalue weighted by Gasteiger charge is 2.40. The number of carbonyl (C=O) groups is 3. The zero-order valence-corrected chi connectivity index (χ0v) is 18.8. The number of carbonyl (C=O) groups excluding carboxylic acids is 2. The van der Waals surface area contributed by atoms with Gasteiger partial charge in [0.1, 0.15) is 5.69 Å². The lowest BCUT2D eigenvalue weighted by Gasteiger charge is -2.43. The van der Waals surface area contributed by atoms with Crippen LogP contribution in [0, 0.1) is 5.92 Å². The normalized spacial score (nSPS) is 18.6. The minimum absolute atomic E-state index is 0.0670. The molecule has 0 spiro atoms. The first-order valence-electron chi connectivity index (χ1n) is 11.4. The van der Waals surface area contributed by atoms with Gasteiger partial charge in [0.15, 0.2) is 0 Å². The Hall–Kier alpha value is -3.95. The molecule has 1 aromatic carbocycles. The summed E-state index contributed by atoms with van der Waals surface area (Å²) in [5, 5.41) is 9.23. The smallest absolute Gasteiger partial charge is 0.335 e. The van der Waals surface area contributed by atoms with Crippen molar-refractivity contribution in [1.82, 2.24) is 29.3 Å². The number of aromatic carboxylic acids is 1. The van der Waals surface area contributed by atoms with Crippen LogP contribution in [0.5, 0.6) is 0 Å². The Morgan fingerprint density at radius 3 is 2.56 bits per heavy atom. The number of carboxylic acids is 1. The maximum absolute atomic E-state index is 13.4. The van der Waals surface area contributed by atoms with E-state index in [1.165, 1.54) is 12.1 Å². The number of benzene rings is 1. The van der Waals surface area contributed by atoms with Crippen LogP contribution in [0.15, 0.2) is 43.1 Å². The molecule has 5 rings (SSSR count). The molecule has 2 amide bonds. The maximum Gasteiger partial charge on any atom is 0.335 e. The van der Waals surface area contributed by atoms with Gasteiger partial charge in [-0.1, -0.05) is 6.07 Å². The Kier molecular flexibility index (Phi) is 5.64. The molecule has 0 saturated carbocycles. The third-order valence-corrected chi connectivity index (χ3v) is 6.90. The number of rotatable bonds is 4. The van der Waals surface area contributed by atoms with Gasteiger partial charge in [-0.25, -0.2) is 14.8 Å². The number of carboxylic acid groups (broad SMARTS) is 1. The number of hydrogen-bond acceptors (Lipinski definition) is 5. The average Bonchev–Trinajstić information content (AvgIpc) is 3.51. The van der Waals surface area contributed by atoms with E-state index in [9.17, 15) is 19.5 Å². The maximum atomic E-state index is 13.4. The zero-order chi connectivity index (χ0) is 23.8. The third kappa shape index (κ3) is 3.85. The monoisotopic (exact) mass is 462 g/mol. The highest BCUT2D eigenvalue weighted by atomic mass is 16.4. The molecule has 1 fully saturated rings. The summed E-state index contributed by atoms with van der Waals surface area (Å²) >= 11 is 0. The number of imidazole rings is 2. The molecule has 176 valence electrons. The predicted molar refractivity (Wildman–Crippen MR) is 121 cm³/mol. The van der Waals surface area contributed by atoms with Gasteiger partial charge < -0.3 is 24.5 Å². The first kappa shape index (κ1) is 21.9. The van der Waals surface area contributed by atoms with Gasteiger partial charge in [-0.3, -0.25) is 9.59 Å². The summed E-state index contributed by atoms with van der Waals surface area (Å²) in [6, 6.07) is 5.95. The summed E-state index contributed by atoms with van der Waals surface area (Å²) in [6.07, 6.45) is 7.05. The highest BCUT2D eigenvalue weighted by molar-refractivity contribution is 5.97. The molecule has 2 aliphatic rings. The molecule has 2 N–H and O–H groups in total. The number of nitrogens with one attached hydrogen (secondary N) is 1. The molecular formula is C24H26N6O4. The van der Waals surface area contributed by atoms with Crippen LogP contribution in [-0.4, -0.2) is 71.8 Å². The average molecular weight is 463 g/mol. The lowest BCUT2D eigenvalue weighted by molar-refractivity contribution is 0.0425. The lowest BCUT2D eigenvalue weighted by Crippen LogP contribution is -2.47. The number of amides is 2. The van der Waals surface area contributed by atoms with Gasteiger partial charge in [-0.05, 0) is 37.0 Å². The van der Waals surface area contributed by atoms with Crippen LogP contribution in [0.3, 0.4) is 0 Å². The number of hydrogen-bond donors (Lipinski definition) is 2. The Morgan fingerprint density at radius 1 is 1.09 bits per heavy atom. The van der Waals surface area contributed by atoms with E-state index >= 15 is 0 Å². The number of likely N-dealkylation sites (tertiary alicyclic amines) is 1. The summed E-state index contributed by atoms with van der Waals surface area (Å²) < 4.78 is 1.73. The van der Waals surface area contributed by atoms with E-state index in [1.54, 1.807) is 40.5 Å². The summed E-state index contributed by atoms with van der Waals surface area (Å²) in [6.45, 7) is 1.65. The Balaban J connectivity index is 1.35. The van der Waals surface area contributed by atoms with Crippen molar-refractivity contribution in [2.75, 3.05) is 19.6 Å². The molecular weight excluding hydrogens is 436 g/mol. The van der Waals surface area contributed by atoms with Gasteiger partial charge in [0, 0.05) is 44.4 Å². The van der Waals surface area contributed by atoms with Gasteiger partial charge in [-0.2, -0.15) is 0 Å². The van der Waals surface area contributed by atoms with Crippen LogP contribution < -0.4 is 0 Å². The number of fused-ring (bicyclic) bond motifs is 1. The fraction of sp³-hybridized carbons (Fsp3) is 0.375. The first-order chi connectivity index (χ1) is 16.4. The summed E-state index contributed by atoms with van der Waals surface area (Å²) in [5.74, 6) is -1.15. The molecule has 0 radical (unpaired) electrons. The van der Waals surface area contributed by atoms with Gasteiger partial charge in [-0.15, -0.1) is 0 Å². The van der Waals surface area contributed by atoms with Crippen LogP contribution in [0.1, 0.15) is 61.5 Å². The number of nitrogens with zero attached hydrogens (tertiary/aromatic N) is 5. The molecule has 10 nitrogen and oxygen atoms in total. The minimum Gasteiger partial charge on any atom is -0.478 e. The number of H-pyrrole nitrogens is 1. The van der Waals surface area contributed by atoms with Crippen molar-refractivity contribution in [3.63, 3.8) is 0 Å². The lowest BCUT2D eigenvalue weighted by atomic mass is 9.83. The van der Waals surface area contributed by atoms with E-state index in [0.717, 1.165) is 24.2 Å². The zero-order valence-electron chi connectivity index (χ0n) is 18.8. The summed E-state index contributed by atoms with van der Waals surface area (Å²) in [4.78, 5) is 53.3. The number of aromatic nitrogens is 4. The van der Waals surface area contributed by atoms with Crippen LogP contribution >= 0.6 is 0 Å². The second kappa shape index (κ2) is 8.77.